The number of likely N-dealkylation sites (tertiary alicyclic amines) is 1. The Bertz CT molecular complexity index is 940. The Balaban J connectivity index is 1.89. The highest BCUT2D eigenvalue weighted by molar-refractivity contribution is 7.88. The summed E-state index contributed by atoms with van der Waals surface area (Å²) in [6, 6.07) is 10.5. The number of benzene rings is 2. The first kappa shape index (κ1) is 18.7. The van der Waals surface area contributed by atoms with E-state index in [1.165, 1.54) is 0 Å². The summed E-state index contributed by atoms with van der Waals surface area (Å²) in [6.45, 7) is 4.78. The maximum Gasteiger partial charge on any atom is 0.257 e. The van der Waals surface area contributed by atoms with Crippen LogP contribution in [0.1, 0.15) is 24.2 Å². The molecule has 2 atom stereocenters. The van der Waals surface area contributed by atoms with Crippen molar-refractivity contribution < 1.29 is 18.3 Å². The van der Waals surface area contributed by atoms with E-state index in [-0.39, 0.29) is 35.1 Å². The Morgan fingerprint density at radius 3 is 2.38 bits per heavy atom. The molecule has 2 aromatic rings. The van der Waals surface area contributed by atoms with Gasteiger partial charge in [0.25, 0.3) is 5.91 Å². The van der Waals surface area contributed by atoms with Gasteiger partial charge in [0.2, 0.25) is 10.0 Å². The van der Waals surface area contributed by atoms with E-state index in [1.54, 1.807) is 17.0 Å². The largest absolute Gasteiger partial charge is 0.507 e. The molecular formula is C19H24N2O4S. The summed E-state index contributed by atoms with van der Waals surface area (Å²) in [4.78, 5) is 14.6. The number of carbonyl (C=O) groups excluding carboxylic acids is 1. The second-order valence-electron chi connectivity index (χ2n) is 7.33. The molecule has 0 radical (unpaired) electrons. The van der Waals surface area contributed by atoms with E-state index in [1.807, 2.05) is 38.1 Å². The van der Waals surface area contributed by atoms with Crippen molar-refractivity contribution in [2.24, 2.45) is 11.8 Å². The minimum Gasteiger partial charge on any atom is -0.507 e. The number of hydrogen-bond acceptors (Lipinski definition) is 4. The number of amides is 1. The molecule has 1 amide bonds. The van der Waals surface area contributed by atoms with Gasteiger partial charge >= 0.3 is 0 Å². The van der Waals surface area contributed by atoms with E-state index < -0.39 is 10.0 Å². The molecule has 3 rings (SSSR count). The third kappa shape index (κ3) is 3.83. The van der Waals surface area contributed by atoms with Gasteiger partial charge in [-0.25, -0.2) is 13.1 Å². The summed E-state index contributed by atoms with van der Waals surface area (Å²) in [6.07, 6.45) is 1.13. The zero-order chi connectivity index (χ0) is 19.1. The van der Waals surface area contributed by atoms with Crippen LogP contribution in [0.4, 0.5) is 0 Å². The maximum absolute atomic E-state index is 13.0. The molecule has 7 heteroatoms. The summed E-state index contributed by atoms with van der Waals surface area (Å²) in [5.41, 5.74) is 0.242. The van der Waals surface area contributed by atoms with Crippen molar-refractivity contribution in [3.05, 3.63) is 42.0 Å². The molecule has 26 heavy (non-hydrogen) atoms. The average molecular weight is 376 g/mol. The summed E-state index contributed by atoms with van der Waals surface area (Å²) in [5.74, 6) is -0.0976. The molecule has 0 spiro atoms. The third-order valence-electron chi connectivity index (χ3n) is 4.97. The summed E-state index contributed by atoms with van der Waals surface area (Å²) >= 11 is 0. The highest BCUT2D eigenvalue weighted by atomic mass is 32.2. The van der Waals surface area contributed by atoms with Crippen LogP contribution in [0.2, 0.25) is 0 Å². The van der Waals surface area contributed by atoms with Crippen molar-refractivity contribution in [3.8, 4) is 5.75 Å². The molecule has 2 N–H and O–H groups in total. The van der Waals surface area contributed by atoms with Gasteiger partial charge < -0.3 is 10.0 Å². The SMILES string of the molecule is CC(C)C1CN(C(=O)c2cc3ccccc3cc2O)CC1NS(C)(=O)=O. The fourth-order valence-corrected chi connectivity index (χ4v) is 4.44. The highest BCUT2D eigenvalue weighted by Crippen LogP contribution is 2.30. The lowest BCUT2D eigenvalue weighted by Crippen LogP contribution is -2.41. The van der Waals surface area contributed by atoms with Gasteiger partial charge in [0.15, 0.2) is 0 Å². The summed E-state index contributed by atoms with van der Waals surface area (Å²) in [5, 5.41) is 12.0. The van der Waals surface area contributed by atoms with E-state index in [2.05, 4.69) is 4.72 Å². The standard InChI is InChI=1S/C19H24N2O4S/c1-12(2)16-10-21(11-17(16)20-26(3,24)25)19(23)15-8-13-6-4-5-7-14(13)9-18(15)22/h4-9,12,16-17,20,22H,10-11H2,1-3H3. The van der Waals surface area contributed by atoms with Crippen molar-refractivity contribution >= 4 is 26.7 Å². The molecule has 1 fully saturated rings. The minimum atomic E-state index is -3.36. The molecule has 1 aliphatic rings. The number of sulfonamides is 1. The molecule has 1 heterocycles. The smallest absolute Gasteiger partial charge is 0.257 e. The number of rotatable bonds is 4. The van der Waals surface area contributed by atoms with Crippen LogP contribution >= 0.6 is 0 Å². The third-order valence-corrected chi connectivity index (χ3v) is 5.70. The summed E-state index contributed by atoms with van der Waals surface area (Å²) in [7, 11) is -3.36. The van der Waals surface area contributed by atoms with Gasteiger partial charge in [0, 0.05) is 19.1 Å². The lowest BCUT2D eigenvalue weighted by molar-refractivity contribution is 0.0780. The molecule has 2 aromatic carbocycles. The molecule has 0 saturated carbocycles. The Labute approximate surface area is 153 Å². The van der Waals surface area contributed by atoms with Crippen LogP contribution in [0.5, 0.6) is 5.75 Å². The molecule has 140 valence electrons. The first-order chi connectivity index (χ1) is 12.2. The van der Waals surface area contributed by atoms with Crippen LogP contribution in [-0.2, 0) is 10.0 Å². The van der Waals surface area contributed by atoms with Crippen molar-refractivity contribution in [3.63, 3.8) is 0 Å². The Hall–Kier alpha value is -2.12. The molecule has 0 aromatic heterocycles. The Morgan fingerprint density at radius 1 is 1.19 bits per heavy atom. The number of phenols is 1. The van der Waals surface area contributed by atoms with Gasteiger partial charge in [0.05, 0.1) is 11.8 Å². The number of fused-ring (bicyclic) bond motifs is 1. The number of nitrogens with one attached hydrogen (secondary N) is 1. The van der Waals surface area contributed by atoms with Gasteiger partial charge in [0.1, 0.15) is 5.75 Å². The molecule has 0 bridgehead atoms. The van der Waals surface area contributed by atoms with Crippen LogP contribution in [-0.4, -0.2) is 49.7 Å². The molecular weight excluding hydrogens is 352 g/mol. The fourth-order valence-electron chi connectivity index (χ4n) is 3.64. The second kappa shape index (κ2) is 6.89. The van der Waals surface area contributed by atoms with Crippen molar-refractivity contribution in [2.75, 3.05) is 19.3 Å². The highest BCUT2D eigenvalue weighted by Gasteiger charge is 2.39. The Kier molecular flexibility index (Phi) is 4.94. The van der Waals surface area contributed by atoms with Crippen molar-refractivity contribution in [1.29, 1.82) is 0 Å². The monoisotopic (exact) mass is 376 g/mol. The van der Waals surface area contributed by atoms with E-state index in [0.717, 1.165) is 17.0 Å². The average Bonchev–Trinajstić information content (AvgIpc) is 2.95. The number of nitrogens with zero attached hydrogens (tertiary/aromatic N) is 1. The van der Waals surface area contributed by atoms with Crippen molar-refractivity contribution in [2.45, 2.75) is 19.9 Å². The normalized spacial score (nSPS) is 20.8. The number of hydrogen-bond donors (Lipinski definition) is 2. The quantitative estimate of drug-likeness (QED) is 0.856. The van der Waals surface area contributed by atoms with Crippen molar-refractivity contribution in [1.82, 2.24) is 9.62 Å². The zero-order valence-corrected chi connectivity index (χ0v) is 16.0. The van der Waals surface area contributed by atoms with Crippen LogP contribution in [0.3, 0.4) is 0 Å². The molecule has 2 unspecified atom stereocenters. The molecule has 1 aliphatic heterocycles. The predicted octanol–water partition coefficient (Wildman–Crippen LogP) is 2.19. The van der Waals surface area contributed by atoms with Gasteiger partial charge in [-0.2, -0.15) is 0 Å². The lowest BCUT2D eigenvalue weighted by Gasteiger charge is -2.21. The van der Waals surface area contributed by atoms with Gasteiger partial charge in [-0.3, -0.25) is 4.79 Å². The van der Waals surface area contributed by atoms with Gasteiger partial charge in [-0.1, -0.05) is 38.1 Å². The van der Waals surface area contributed by atoms with E-state index in [9.17, 15) is 18.3 Å². The van der Waals surface area contributed by atoms with Gasteiger partial charge in [-0.05, 0) is 34.7 Å². The minimum absolute atomic E-state index is 0.0243. The second-order valence-corrected chi connectivity index (χ2v) is 9.11. The molecule has 6 nitrogen and oxygen atoms in total. The predicted molar refractivity (Wildman–Crippen MR) is 102 cm³/mol. The zero-order valence-electron chi connectivity index (χ0n) is 15.1. The first-order valence-electron chi connectivity index (χ1n) is 8.64. The van der Waals surface area contributed by atoms with Crippen LogP contribution in [0, 0.1) is 11.8 Å². The fraction of sp³-hybridized carbons (Fsp3) is 0.421. The van der Waals surface area contributed by atoms with Crippen LogP contribution < -0.4 is 4.72 Å². The summed E-state index contributed by atoms with van der Waals surface area (Å²) < 4.78 is 25.9. The van der Waals surface area contributed by atoms with E-state index >= 15 is 0 Å². The first-order valence-corrected chi connectivity index (χ1v) is 10.5. The Morgan fingerprint density at radius 2 is 1.81 bits per heavy atom. The molecule has 1 saturated heterocycles. The number of carbonyl (C=O) groups is 1. The van der Waals surface area contributed by atoms with E-state index in [4.69, 9.17) is 0 Å². The van der Waals surface area contributed by atoms with Gasteiger partial charge in [-0.15, -0.1) is 0 Å². The number of aromatic hydroxyl groups is 1. The van der Waals surface area contributed by atoms with Crippen LogP contribution in [0.25, 0.3) is 10.8 Å². The molecule has 0 aliphatic carbocycles. The maximum atomic E-state index is 13.0. The number of phenolic OH excluding ortho intramolecular Hbond substituents is 1. The lowest BCUT2D eigenvalue weighted by atomic mass is 9.92. The van der Waals surface area contributed by atoms with Crippen LogP contribution in [0.15, 0.2) is 36.4 Å². The van der Waals surface area contributed by atoms with E-state index in [0.29, 0.717) is 13.1 Å². The topological polar surface area (TPSA) is 86.7 Å².